The second kappa shape index (κ2) is 6.04. The van der Waals surface area contributed by atoms with Gasteiger partial charge >= 0.3 is 0 Å². The zero-order chi connectivity index (χ0) is 16.5. The van der Waals surface area contributed by atoms with Crippen LogP contribution in [-0.2, 0) is 0 Å². The minimum Gasteiger partial charge on any atom is -0.497 e. The van der Waals surface area contributed by atoms with Gasteiger partial charge in [0.05, 0.1) is 19.9 Å². The Hall–Kier alpha value is -2.75. The molecular weight excluding hydrogens is 300 g/mol. The molecule has 1 aliphatic carbocycles. The van der Waals surface area contributed by atoms with E-state index in [-0.39, 0.29) is 0 Å². The highest BCUT2D eigenvalue weighted by molar-refractivity contribution is 5.61. The van der Waals surface area contributed by atoms with Gasteiger partial charge < -0.3 is 9.47 Å². The number of hydrogen-bond donors (Lipinski definition) is 0. The summed E-state index contributed by atoms with van der Waals surface area (Å²) in [6, 6.07) is 16.1. The average Bonchev–Trinajstić information content (AvgIpc) is 3.41. The Morgan fingerprint density at radius 2 is 1.46 bits per heavy atom. The van der Waals surface area contributed by atoms with Crippen LogP contribution in [0.5, 0.6) is 11.5 Å². The molecule has 4 rings (SSSR count). The third kappa shape index (κ3) is 2.75. The van der Waals surface area contributed by atoms with E-state index >= 15 is 0 Å². The lowest BCUT2D eigenvalue weighted by Crippen LogP contribution is -1.96. The summed E-state index contributed by atoms with van der Waals surface area (Å²) in [5.41, 5.74) is 3.34. The van der Waals surface area contributed by atoms with Gasteiger partial charge in [0.1, 0.15) is 17.3 Å². The zero-order valence-electron chi connectivity index (χ0n) is 13.9. The highest BCUT2D eigenvalue weighted by Crippen LogP contribution is 2.41. The molecule has 0 atom stereocenters. The van der Waals surface area contributed by atoms with E-state index in [1.807, 2.05) is 24.3 Å². The summed E-state index contributed by atoms with van der Waals surface area (Å²) in [6.07, 6.45) is 4.64. The van der Waals surface area contributed by atoms with E-state index in [0.29, 0.717) is 5.92 Å². The van der Waals surface area contributed by atoms with Crippen molar-refractivity contribution in [2.24, 2.45) is 0 Å². The molecule has 4 heteroatoms. The molecule has 0 radical (unpaired) electrons. The Morgan fingerprint density at radius 1 is 0.875 bits per heavy atom. The molecule has 1 aromatic heterocycles. The van der Waals surface area contributed by atoms with Crippen molar-refractivity contribution < 1.29 is 9.47 Å². The highest BCUT2D eigenvalue weighted by Gasteiger charge is 2.27. The van der Waals surface area contributed by atoms with Crippen LogP contribution in [0.25, 0.3) is 17.1 Å². The first-order chi connectivity index (χ1) is 11.8. The SMILES string of the molecule is COc1ccc(-c2nc(C3CC3)cn2-c2ccc(OC)cc2)cc1. The molecule has 122 valence electrons. The molecule has 24 heavy (non-hydrogen) atoms. The fraction of sp³-hybridized carbons (Fsp3) is 0.250. The lowest BCUT2D eigenvalue weighted by atomic mass is 10.2. The predicted octanol–water partition coefficient (Wildman–Crippen LogP) is 4.43. The van der Waals surface area contributed by atoms with Crippen molar-refractivity contribution in [3.8, 4) is 28.6 Å². The predicted molar refractivity (Wildman–Crippen MR) is 94.1 cm³/mol. The molecule has 0 unspecified atom stereocenters. The summed E-state index contributed by atoms with van der Waals surface area (Å²) >= 11 is 0. The maximum absolute atomic E-state index is 5.26. The molecule has 0 amide bonds. The zero-order valence-corrected chi connectivity index (χ0v) is 13.9. The smallest absolute Gasteiger partial charge is 0.144 e. The standard InChI is InChI=1S/C20H20N2O2/c1-23-17-9-5-15(6-10-17)20-21-19(14-3-4-14)13-22(20)16-7-11-18(24-2)12-8-16/h5-14H,3-4H2,1-2H3. The van der Waals surface area contributed by atoms with Crippen LogP contribution >= 0.6 is 0 Å². The van der Waals surface area contributed by atoms with Crippen LogP contribution in [0.15, 0.2) is 54.7 Å². The maximum atomic E-state index is 5.26. The monoisotopic (exact) mass is 320 g/mol. The molecule has 3 aromatic rings. The van der Waals surface area contributed by atoms with Crippen LogP contribution < -0.4 is 9.47 Å². The van der Waals surface area contributed by atoms with Crippen LogP contribution in [0.2, 0.25) is 0 Å². The van der Waals surface area contributed by atoms with Gasteiger partial charge in [-0.1, -0.05) is 0 Å². The van der Waals surface area contributed by atoms with E-state index < -0.39 is 0 Å². The summed E-state index contributed by atoms with van der Waals surface area (Å²) in [7, 11) is 3.36. The number of imidazole rings is 1. The number of benzene rings is 2. The first-order valence-electron chi connectivity index (χ1n) is 8.16. The molecule has 1 aliphatic rings. The third-order valence-corrected chi connectivity index (χ3v) is 4.42. The molecule has 4 nitrogen and oxygen atoms in total. The molecule has 2 aromatic carbocycles. The molecular formula is C20H20N2O2. The number of methoxy groups -OCH3 is 2. The molecule has 0 bridgehead atoms. The number of hydrogen-bond acceptors (Lipinski definition) is 3. The molecule has 0 N–H and O–H groups in total. The second-order valence-electron chi connectivity index (χ2n) is 6.06. The second-order valence-corrected chi connectivity index (χ2v) is 6.06. The summed E-state index contributed by atoms with van der Waals surface area (Å²) in [6.45, 7) is 0. The Labute approximate surface area is 141 Å². The average molecular weight is 320 g/mol. The van der Waals surface area contributed by atoms with Crippen LogP contribution in [0.4, 0.5) is 0 Å². The van der Waals surface area contributed by atoms with Gasteiger partial charge in [-0.15, -0.1) is 0 Å². The Kier molecular flexibility index (Phi) is 3.73. The number of aromatic nitrogens is 2. The fourth-order valence-corrected chi connectivity index (χ4v) is 2.86. The number of nitrogens with zero attached hydrogens (tertiary/aromatic N) is 2. The van der Waals surface area contributed by atoms with Gasteiger partial charge in [-0.05, 0) is 61.4 Å². The molecule has 0 aliphatic heterocycles. The first kappa shape index (κ1) is 14.8. The fourth-order valence-electron chi connectivity index (χ4n) is 2.86. The van der Waals surface area contributed by atoms with Gasteiger partial charge in [0.25, 0.3) is 0 Å². The highest BCUT2D eigenvalue weighted by atomic mass is 16.5. The summed E-state index contributed by atoms with van der Waals surface area (Å²) in [5.74, 6) is 3.28. The first-order valence-corrected chi connectivity index (χ1v) is 8.16. The van der Waals surface area contributed by atoms with Crippen molar-refractivity contribution in [1.29, 1.82) is 0 Å². The van der Waals surface area contributed by atoms with Crippen LogP contribution in [0, 0.1) is 0 Å². The maximum Gasteiger partial charge on any atom is 0.144 e. The molecule has 1 saturated carbocycles. The van der Waals surface area contributed by atoms with Crippen molar-refractivity contribution in [3.63, 3.8) is 0 Å². The van der Waals surface area contributed by atoms with E-state index in [4.69, 9.17) is 14.5 Å². The van der Waals surface area contributed by atoms with Gasteiger partial charge in [-0.3, -0.25) is 4.57 Å². The van der Waals surface area contributed by atoms with Crippen molar-refractivity contribution in [2.75, 3.05) is 14.2 Å². The Morgan fingerprint density at radius 3 is 2.00 bits per heavy atom. The van der Waals surface area contributed by atoms with Crippen molar-refractivity contribution in [2.45, 2.75) is 18.8 Å². The molecule has 1 heterocycles. The summed E-state index contributed by atoms with van der Waals surface area (Å²) in [5, 5.41) is 0. The van der Waals surface area contributed by atoms with E-state index in [0.717, 1.165) is 28.6 Å². The molecule has 1 fully saturated rings. The largest absolute Gasteiger partial charge is 0.497 e. The van der Waals surface area contributed by atoms with Crippen LogP contribution in [0.1, 0.15) is 24.5 Å². The van der Waals surface area contributed by atoms with E-state index in [1.54, 1.807) is 14.2 Å². The molecule has 0 spiro atoms. The third-order valence-electron chi connectivity index (χ3n) is 4.42. The van der Waals surface area contributed by atoms with Crippen LogP contribution in [-0.4, -0.2) is 23.8 Å². The lowest BCUT2D eigenvalue weighted by Gasteiger charge is -2.09. The van der Waals surface area contributed by atoms with E-state index in [1.165, 1.54) is 18.5 Å². The number of ether oxygens (including phenoxy) is 2. The Balaban J connectivity index is 1.78. The summed E-state index contributed by atoms with van der Waals surface area (Å²) in [4.78, 5) is 4.91. The van der Waals surface area contributed by atoms with Crippen molar-refractivity contribution in [1.82, 2.24) is 9.55 Å². The minimum atomic E-state index is 0.612. The van der Waals surface area contributed by atoms with E-state index in [2.05, 4.69) is 35.0 Å². The van der Waals surface area contributed by atoms with Crippen molar-refractivity contribution in [3.05, 3.63) is 60.4 Å². The van der Waals surface area contributed by atoms with Gasteiger partial charge in [0.2, 0.25) is 0 Å². The Bertz CT molecular complexity index is 766. The quantitative estimate of drug-likeness (QED) is 0.697. The summed E-state index contributed by atoms with van der Waals surface area (Å²) < 4.78 is 12.7. The topological polar surface area (TPSA) is 36.3 Å². The normalized spacial score (nSPS) is 13.8. The van der Waals surface area contributed by atoms with Gasteiger partial charge in [-0.25, -0.2) is 4.98 Å². The molecule has 0 saturated heterocycles. The van der Waals surface area contributed by atoms with Gasteiger partial charge in [-0.2, -0.15) is 0 Å². The van der Waals surface area contributed by atoms with E-state index in [9.17, 15) is 0 Å². The minimum absolute atomic E-state index is 0.612. The lowest BCUT2D eigenvalue weighted by molar-refractivity contribution is 0.414. The van der Waals surface area contributed by atoms with Gasteiger partial charge in [0.15, 0.2) is 0 Å². The van der Waals surface area contributed by atoms with Gasteiger partial charge in [0, 0.05) is 23.4 Å². The van der Waals surface area contributed by atoms with Crippen LogP contribution in [0.3, 0.4) is 0 Å². The van der Waals surface area contributed by atoms with Crippen molar-refractivity contribution >= 4 is 0 Å². The number of rotatable bonds is 5.